The lowest BCUT2D eigenvalue weighted by Crippen LogP contribution is -2.15. The number of ether oxygens (including phenoxy) is 2. The molecule has 0 saturated carbocycles. The summed E-state index contributed by atoms with van der Waals surface area (Å²) in [6.45, 7) is 1.95. The molecule has 0 bridgehead atoms. The molecule has 0 radical (unpaired) electrons. The highest BCUT2D eigenvalue weighted by Gasteiger charge is 2.49. The molecule has 1 aromatic carbocycles. The zero-order valence-corrected chi connectivity index (χ0v) is 7.11. The van der Waals surface area contributed by atoms with E-state index < -0.39 is 0 Å². The van der Waals surface area contributed by atoms with Gasteiger partial charge >= 0.3 is 5.97 Å². The summed E-state index contributed by atoms with van der Waals surface area (Å²) >= 11 is 0. The van der Waals surface area contributed by atoms with E-state index in [0.717, 1.165) is 11.1 Å². The van der Waals surface area contributed by atoms with E-state index in [4.69, 9.17) is 9.47 Å². The van der Waals surface area contributed by atoms with Crippen molar-refractivity contribution in [2.75, 3.05) is 0 Å². The van der Waals surface area contributed by atoms with Gasteiger partial charge in [0, 0.05) is 5.56 Å². The first-order chi connectivity index (χ1) is 6.25. The normalized spacial score (nSPS) is 28.8. The maximum absolute atomic E-state index is 11.4. The van der Waals surface area contributed by atoms with Crippen molar-refractivity contribution in [1.82, 2.24) is 0 Å². The third-order valence-corrected chi connectivity index (χ3v) is 2.41. The van der Waals surface area contributed by atoms with Crippen molar-refractivity contribution in [3.8, 4) is 0 Å². The monoisotopic (exact) mass is 176 g/mol. The first-order valence-corrected chi connectivity index (χ1v) is 4.23. The smallest absolute Gasteiger partial charge is 0.340 e. The zero-order valence-electron chi connectivity index (χ0n) is 7.11. The lowest BCUT2D eigenvalue weighted by atomic mass is 10.0. The molecule has 66 valence electrons. The van der Waals surface area contributed by atoms with Crippen LogP contribution < -0.4 is 0 Å². The average molecular weight is 176 g/mol. The molecule has 2 unspecified atom stereocenters. The topological polar surface area (TPSA) is 38.8 Å². The summed E-state index contributed by atoms with van der Waals surface area (Å²) in [4.78, 5) is 11.4. The number of hydrogen-bond donors (Lipinski definition) is 0. The quantitative estimate of drug-likeness (QED) is 0.444. The minimum absolute atomic E-state index is 0.00620. The molecular weight excluding hydrogens is 168 g/mol. The Morgan fingerprint density at radius 1 is 1.38 bits per heavy atom. The van der Waals surface area contributed by atoms with E-state index in [1.807, 2.05) is 25.1 Å². The molecule has 1 aromatic rings. The molecule has 0 spiro atoms. The molecule has 3 heteroatoms. The van der Waals surface area contributed by atoms with E-state index >= 15 is 0 Å². The number of aryl methyl sites for hydroxylation is 1. The summed E-state index contributed by atoms with van der Waals surface area (Å²) in [5.74, 6) is -0.266. The van der Waals surface area contributed by atoms with Crippen LogP contribution in [0.2, 0.25) is 0 Å². The molecule has 2 heterocycles. The molecule has 1 fully saturated rings. The molecule has 2 aliphatic rings. The van der Waals surface area contributed by atoms with E-state index in [0.29, 0.717) is 5.56 Å². The number of fused-ring (bicyclic) bond motifs is 3. The molecule has 0 aromatic heterocycles. The number of epoxide rings is 1. The van der Waals surface area contributed by atoms with E-state index in [2.05, 4.69) is 0 Å². The first kappa shape index (κ1) is 7.09. The molecule has 2 atom stereocenters. The number of hydrogen-bond acceptors (Lipinski definition) is 3. The largest absolute Gasteiger partial charge is 0.429 e. The van der Waals surface area contributed by atoms with E-state index in [1.165, 1.54) is 0 Å². The number of esters is 1. The van der Waals surface area contributed by atoms with Gasteiger partial charge in [-0.05, 0) is 13.0 Å². The maximum Gasteiger partial charge on any atom is 0.340 e. The Morgan fingerprint density at radius 2 is 2.23 bits per heavy atom. The van der Waals surface area contributed by atoms with E-state index in [-0.39, 0.29) is 18.4 Å². The summed E-state index contributed by atoms with van der Waals surface area (Å²) in [5.41, 5.74) is 2.68. The van der Waals surface area contributed by atoms with Crippen LogP contribution in [0.25, 0.3) is 0 Å². The number of rotatable bonds is 0. The predicted octanol–water partition coefficient (Wildman–Crippen LogP) is 1.56. The van der Waals surface area contributed by atoms with Crippen molar-refractivity contribution in [3.05, 3.63) is 34.9 Å². The fourth-order valence-electron chi connectivity index (χ4n) is 1.67. The summed E-state index contributed by atoms with van der Waals surface area (Å²) in [5, 5.41) is 0. The molecule has 0 aliphatic carbocycles. The van der Waals surface area contributed by atoms with Crippen LogP contribution in [0.4, 0.5) is 0 Å². The van der Waals surface area contributed by atoms with Gasteiger partial charge in [0.1, 0.15) is 0 Å². The van der Waals surface area contributed by atoms with Crippen LogP contribution in [0.15, 0.2) is 18.2 Å². The number of carbonyl (C=O) groups is 1. The minimum atomic E-state index is -0.317. The Hall–Kier alpha value is -1.35. The number of carbonyl (C=O) groups excluding carboxylic acids is 1. The molecule has 13 heavy (non-hydrogen) atoms. The molecule has 3 rings (SSSR count). The second kappa shape index (κ2) is 2.12. The van der Waals surface area contributed by atoms with Gasteiger partial charge in [-0.15, -0.1) is 0 Å². The first-order valence-electron chi connectivity index (χ1n) is 4.23. The van der Waals surface area contributed by atoms with Gasteiger partial charge in [-0.1, -0.05) is 17.7 Å². The Kier molecular flexibility index (Phi) is 1.15. The maximum atomic E-state index is 11.4. The van der Waals surface area contributed by atoms with Crippen LogP contribution in [0.5, 0.6) is 0 Å². The second-order valence-corrected chi connectivity index (χ2v) is 3.42. The van der Waals surface area contributed by atoms with Crippen LogP contribution in [0.3, 0.4) is 0 Å². The lowest BCUT2D eigenvalue weighted by molar-refractivity contribution is 0.0291. The van der Waals surface area contributed by atoms with Crippen molar-refractivity contribution < 1.29 is 14.3 Å². The SMILES string of the molecule is Cc1ccc2c(c1)C(=O)OC1OC21. The predicted molar refractivity (Wildman–Crippen MR) is 44.2 cm³/mol. The highest BCUT2D eigenvalue weighted by Crippen LogP contribution is 2.45. The lowest BCUT2D eigenvalue weighted by Gasteiger charge is -2.11. The van der Waals surface area contributed by atoms with Gasteiger partial charge in [0.25, 0.3) is 0 Å². The molecule has 2 aliphatic heterocycles. The summed E-state index contributed by atoms with van der Waals surface area (Å²) in [7, 11) is 0. The fraction of sp³-hybridized carbons (Fsp3) is 0.300. The Balaban J connectivity index is 2.20. The fourth-order valence-corrected chi connectivity index (χ4v) is 1.67. The number of benzene rings is 1. The van der Waals surface area contributed by atoms with Crippen molar-refractivity contribution in [1.29, 1.82) is 0 Å². The van der Waals surface area contributed by atoms with E-state index in [9.17, 15) is 4.79 Å². The Morgan fingerprint density at radius 3 is 3.08 bits per heavy atom. The molecule has 0 amide bonds. The third kappa shape index (κ3) is 0.906. The van der Waals surface area contributed by atoms with Gasteiger partial charge in [0.05, 0.1) is 5.56 Å². The van der Waals surface area contributed by atoms with Crippen LogP contribution >= 0.6 is 0 Å². The summed E-state index contributed by atoms with van der Waals surface area (Å²) in [6.07, 6.45) is -0.323. The van der Waals surface area contributed by atoms with Crippen molar-refractivity contribution in [2.45, 2.75) is 19.3 Å². The Labute approximate surface area is 75.3 Å². The van der Waals surface area contributed by atoms with Crippen molar-refractivity contribution in [2.24, 2.45) is 0 Å². The third-order valence-electron chi connectivity index (χ3n) is 2.41. The molecule has 1 saturated heterocycles. The second-order valence-electron chi connectivity index (χ2n) is 3.42. The van der Waals surface area contributed by atoms with E-state index in [1.54, 1.807) is 0 Å². The summed E-state index contributed by atoms with van der Waals surface area (Å²) < 4.78 is 10.2. The molecule has 0 N–H and O–H groups in total. The zero-order chi connectivity index (χ0) is 9.00. The van der Waals surface area contributed by atoms with Crippen molar-refractivity contribution >= 4 is 5.97 Å². The average Bonchev–Trinajstić information content (AvgIpc) is 2.83. The van der Waals surface area contributed by atoms with Crippen LogP contribution in [-0.2, 0) is 9.47 Å². The van der Waals surface area contributed by atoms with Gasteiger partial charge in [0.2, 0.25) is 6.29 Å². The van der Waals surface area contributed by atoms with Gasteiger partial charge in [-0.25, -0.2) is 4.79 Å². The van der Waals surface area contributed by atoms with Crippen LogP contribution in [0.1, 0.15) is 27.6 Å². The van der Waals surface area contributed by atoms with Crippen molar-refractivity contribution in [3.63, 3.8) is 0 Å². The Bertz CT molecular complexity index is 397. The highest BCUT2D eigenvalue weighted by molar-refractivity contribution is 5.93. The molecule has 3 nitrogen and oxygen atoms in total. The molecular formula is C10H8O3. The van der Waals surface area contributed by atoms with Gasteiger partial charge in [-0.2, -0.15) is 0 Å². The highest BCUT2D eigenvalue weighted by atomic mass is 16.8. The van der Waals surface area contributed by atoms with Crippen LogP contribution in [-0.4, -0.2) is 12.3 Å². The van der Waals surface area contributed by atoms with Crippen LogP contribution in [0, 0.1) is 6.92 Å². The summed E-state index contributed by atoms with van der Waals surface area (Å²) in [6, 6.07) is 5.77. The standard InChI is InChI=1S/C10H8O3/c1-5-2-3-6-7(4-5)9(11)13-10-8(6)12-10/h2-4,8,10H,1H3. The van der Waals surface area contributed by atoms with Gasteiger partial charge < -0.3 is 9.47 Å². The van der Waals surface area contributed by atoms with Gasteiger partial charge in [0.15, 0.2) is 6.10 Å². The van der Waals surface area contributed by atoms with Gasteiger partial charge in [-0.3, -0.25) is 0 Å². The minimum Gasteiger partial charge on any atom is -0.429 e.